The van der Waals surface area contributed by atoms with E-state index in [0.717, 1.165) is 18.4 Å². The lowest BCUT2D eigenvalue weighted by Crippen LogP contribution is -1.73. The van der Waals surface area contributed by atoms with Crippen molar-refractivity contribution in [1.82, 2.24) is 0 Å². The van der Waals surface area contributed by atoms with Gasteiger partial charge in [0.25, 0.3) is 0 Å². The van der Waals surface area contributed by atoms with Crippen LogP contribution < -0.4 is 0 Å². The molecule has 0 heterocycles. The van der Waals surface area contributed by atoms with Crippen molar-refractivity contribution in [3.8, 4) is 0 Å². The molecule has 1 aliphatic rings. The first-order chi connectivity index (χ1) is 5.33. The summed E-state index contributed by atoms with van der Waals surface area (Å²) in [7, 11) is 0. The molecule has 0 atom stereocenters. The molecule has 1 aliphatic carbocycles. The van der Waals surface area contributed by atoms with Crippen LogP contribution in [0.1, 0.15) is 19.8 Å². The lowest BCUT2D eigenvalue weighted by atomic mass is 10.1. The Bertz CT molecular complexity index is 250. The van der Waals surface area contributed by atoms with Gasteiger partial charge in [-0.2, -0.15) is 0 Å². The molecule has 0 aromatic rings. The standard InChI is InChI=1S/C10H11F/c1-2-4-9-5-3-6-10(11)8-7-9/h3,6-8H,2,4H2,1H3. The monoisotopic (exact) mass is 150 g/mol. The average Bonchev–Trinajstić information content (AvgIpc) is 2.17. The Labute approximate surface area is 66.4 Å². The first kappa shape index (κ1) is 8.03. The molecular formula is C10H11F. The Morgan fingerprint density at radius 3 is 3.00 bits per heavy atom. The predicted octanol–water partition coefficient (Wildman–Crippen LogP) is 3.29. The highest BCUT2D eigenvalue weighted by Gasteiger charge is 1.92. The van der Waals surface area contributed by atoms with E-state index in [1.807, 2.05) is 0 Å². The molecular weight excluding hydrogens is 139 g/mol. The number of rotatable bonds is 2. The number of allylic oxidation sites excluding steroid dienone is 5. The van der Waals surface area contributed by atoms with Crippen LogP contribution in [0.2, 0.25) is 0 Å². The normalized spacial score (nSPS) is 15.8. The van der Waals surface area contributed by atoms with Gasteiger partial charge in [0.1, 0.15) is 5.83 Å². The maximum absolute atomic E-state index is 12.5. The Morgan fingerprint density at radius 2 is 2.27 bits per heavy atom. The summed E-state index contributed by atoms with van der Waals surface area (Å²) < 4.78 is 12.5. The molecule has 0 spiro atoms. The van der Waals surface area contributed by atoms with Crippen molar-refractivity contribution in [2.24, 2.45) is 0 Å². The molecule has 58 valence electrons. The van der Waals surface area contributed by atoms with Crippen LogP contribution in [-0.4, -0.2) is 0 Å². The fourth-order valence-electron chi connectivity index (χ4n) is 0.937. The lowest BCUT2D eigenvalue weighted by Gasteiger charge is -1.91. The topological polar surface area (TPSA) is 0 Å². The first-order valence-electron chi connectivity index (χ1n) is 3.82. The van der Waals surface area contributed by atoms with Gasteiger partial charge in [0.2, 0.25) is 0 Å². The third-order valence-corrected chi connectivity index (χ3v) is 1.47. The minimum Gasteiger partial charge on any atom is -0.207 e. The van der Waals surface area contributed by atoms with Crippen LogP contribution in [0, 0.1) is 0 Å². The zero-order valence-electron chi connectivity index (χ0n) is 6.60. The van der Waals surface area contributed by atoms with Crippen molar-refractivity contribution >= 4 is 0 Å². The minimum absolute atomic E-state index is 0.205. The van der Waals surface area contributed by atoms with Gasteiger partial charge in [0.05, 0.1) is 0 Å². The Morgan fingerprint density at radius 1 is 1.45 bits per heavy atom. The quantitative estimate of drug-likeness (QED) is 0.530. The second-order valence-corrected chi connectivity index (χ2v) is 2.47. The largest absolute Gasteiger partial charge is 0.207 e. The van der Waals surface area contributed by atoms with E-state index in [9.17, 15) is 4.39 Å². The summed E-state index contributed by atoms with van der Waals surface area (Å²) in [6.45, 7) is 2.09. The van der Waals surface area contributed by atoms with Crippen molar-refractivity contribution in [3.63, 3.8) is 0 Å². The van der Waals surface area contributed by atoms with Crippen LogP contribution in [0.15, 0.2) is 41.4 Å². The molecule has 0 nitrogen and oxygen atoms in total. The number of halogens is 1. The molecule has 0 aromatic heterocycles. The smallest absolute Gasteiger partial charge is 0.123 e. The van der Waals surface area contributed by atoms with E-state index < -0.39 is 0 Å². The molecule has 0 aliphatic heterocycles. The van der Waals surface area contributed by atoms with Gasteiger partial charge in [-0.1, -0.05) is 13.3 Å². The third kappa shape index (κ3) is 2.57. The van der Waals surface area contributed by atoms with Gasteiger partial charge in [-0.05, 0) is 36.3 Å². The van der Waals surface area contributed by atoms with Crippen molar-refractivity contribution < 1.29 is 4.39 Å². The third-order valence-electron chi connectivity index (χ3n) is 1.47. The molecule has 0 unspecified atom stereocenters. The van der Waals surface area contributed by atoms with E-state index in [0.29, 0.717) is 0 Å². The molecule has 1 rings (SSSR count). The molecule has 0 saturated heterocycles. The van der Waals surface area contributed by atoms with E-state index >= 15 is 0 Å². The van der Waals surface area contributed by atoms with E-state index in [-0.39, 0.29) is 5.83 Å². The van der Waals surface area contributed by atoms with Gasteiger partial charge < -0.3 is 0 Å². The number of hydrogen-bond donors (Lipinski definition) is 0. The fraction of sp³-hybridized carbons (Fsp3) is 0.300. The molecule has 0 aromatic carbocycles. The molecule has 0 saturated carbocycles. The average molecular weight is 150 g/mol. The zero-order chi connectivity index (χ0) is 8.10. The van der Waals surface area contributed by atoms with Gasteiger partial charge >= 0.3 is 0 Å². The highest BCUT2D eigenvalue weighted by atomic mass is 19.1. The van der Waals surface area contributed by atoms with Crippen LogP contribution in [-0.2, 0) is 0 Å². The van der Waals surface area contributed by atoms with Crippen LogP contribution >= 0.6 is 0 Å². The van der Waals surface area contributed by atoms with Crippen molar-refractivity contribution in [3.05, 3.63) is 41.4 Å². The molecule has 0 radical (unpaired) electrons. The van der Waals surface area contributed by atoms with Gasteiger partial charge in [-0.3, -0.25) is 0 Å². The highest BCUT2D eigenvalue weighted by Crippen LogP contribution is 2.10. The summed E-state index contributed by atoms with van der Waals surface area (Å²) in [6, 6.07) is 0. The van der Waals surface area contributed by atoms with E-state index in [4.69, 9.17) is 0 Å². The van der Waals surface area contributed by atoms with E-state index in [2.05, 4.69) is 12.7 Å². The van der Waals surface area contributed by atoms with Gasteiger partial charge in [0.15, 0.2) is 0 Å². The summed E-state index contributed by atoms with van der Waals surface area (Å²) in [4.78, 5) is 0. The van der Waals surface area contributed by atoms with Gasteiger partial charge in [0, 0.05) is 0 Å². The molecule has 11 heavy (non-hydrogen) atoms. The zero-order valence-corrected chi connectivity index (χ0v) is 6.60. The minimum atomic E-state index is -0.205. The maximum atomic E-state index is 12.5. The summed E-state index contributed by atoms with van der Waals surface area (Å²) in [5.74, 6) is -0.205. The molecule has 0 N–H and O–H groups in total. The molecule has 0 fully saturated rings. The van der Waals surface area contributed by atoms with E-state index in [1.54, 1.807) is 12.2 Å². The molecule has 0 bridgehead atoms. The lowest BCUT2D eigenvalue weighted by molar-refractivity contribution is 0.667. The summed E-state index contributed by atoms with van der Waals surface area (Å²) in [6.07, 6.45) is 8.33. The molecule has 0 amide bonds. The van der Waals surface area contributed by atoms with Crippen molar-refractivity contribution in [2.75, 3.05) is 0 Å². The second kappa shape index (κ2) is 3.95. The summed E-state index contributed by atoms with van der Waals surface area (Å²) in [5, 5.41) is 0. The van der Waals surface area contributed by atoms with Crippen LogP contribution in [0.25, 0.3) is 0 Å². The van der Waals surface area contributed by atoms with E-state index in [1.165, 1.54) is 12.2 Å². The molecule has 1 heteroatoms. The number of hydrogen-bond acceptors (Lipinski definition) is 0. The van der Waals surface area contributed by atoms with Gasteiger partial charge in [-0.15, -0.1) is 5.73 Å². The Hall–Kier alpha value is -1.07. The van der Waals surface area contributed by atoms with Gasteiger partial charge in [-0.25, -0.2) is 4.39 Å². The van der Waals surface area contributed by atoms with Crippen molar-refractivity contribution in [2.45, 2.75) is 19.8 Å². The Kier molecular flexibility index (Phi) is 2.88. The predicted molar refractivity (Wildman–Crippen MR) is 44.8 cm³/mol. The Balaban J connectivity index is 2.73. The first-order valence-corrected chi connectivity index (χ1v) is 3.82. The SMILES string of the molecule is CCCC1=C=CC=C(F)C=C1. The van der Waals surface area contributed by atoms with Crippen molar-refractivity contribution in [1.29, 1.82) is 0 Å². The highest BCUT2D eigenvalue weighted by molar-refractivity contribution is 5.30. The fourth-order valence-corrected chi connectivity index (χ4v) is 0.937. The summed E-state index contributed by atoms with van der Waals surface area (Å²) >= 11 is 0. The van der Waals surface area contributed by atoms with Crippen LogP contribution in [0.4, 0.5) is 4.39 Å². The second-order valence-electron chi connectivity index (χ2n) is 2.47. The van der Waals surface area contributed by atoms with Crippen LogP contribution in [0.3, 0.4) is 0 Å². The maximum Gasteiger partial charge on any atom is 0.123 e. The van der Waals surface area contributed by atoms with Crippen LogP contribution in [0.5, 0.6) is 0 Å². The summed E-state index contributed by atoms with van der Waals surface area (Å²) in [5.41, 5.74) is 4.07.